The van der Waals surface area contributed by atoms with Gasteiger partial charge in [-0.05, 0) is 55.7 Å². The molecule has 2 aromatic rings. The highest BCUT2D eigenvalue weighted by Gasteiger charge is 2.54. The second-order valence-corrected chi connectivity index (χ2v) is 13.2. The molecule has 0 radical (unpaired) electrons. The van der Waals surface area contributed by atoms with Crippen LogP contribution in [0.15, 0.2) is 41.3 Å². The summed E-state index contributed by atoms with van der Waals surface area (Å²) in [5, 5.41) is 9.68. The quantitative estimate of drug-likeness (QED) is 0.0752. The summed E-state index contributed by atoms with van der Waals surface area (Å²) in [6, 6.07) is 13.3. The molecule has 0 spiro atoms. The molecule has 0 unspecified atom stereocenters. The Bertz CT molecular complexity index is 965. The van der Waals surface area contributed by atoms with Gasteiger partial charge in [-0.1, -0.05) is 57.2 Å². The van der Waals surface area contributed by atoms with Gasteiger partial charge in [0.25, 0.3) is 0 Å². The molecule has 0 N–H and O–H groups in total. The van der Waals surface area contributed by atoms with E-state index in [1.165, 1.54) is 53.4 Å². The zero-order valence-corrected chi connectivity index (χ0v) is 23.7. The highest BCUT2D eigenvalue weighted by Crippen LogP contribution is 2.44. The van der Waals surface area contributed by atoms with Crippen LogP contribution in [-0.2, 0) is 20.3 Å². The Kier molecular flexibility index (Phi) is 12.3. The molecule has 3 fully saturated rings. The summed E-state index contributed by atoms with van der Waals surface area (Å²) in [5.74, 6) is 1.88. The average Bonchev–Trinajstić information content (AvgIpc) is 3.68. The first-order chi connectivity index (χ1) is 18.2. The molecule has 0 aromatic heterocycles. The van der Waals surface area contributed by atoms with Gasteiger partial charge in [0, 0.05) is 28.6 Å². The van der Waals surface area contributed by atoms with Crippen LogP contribution in [0.3, 0.4) is 0 Å². The Balaban J connectivity index is 0.000000185. The molecular weight excluding hydrogens is 540 g/mol. The molecule has 214 valence electrons. The zero-order valence-electron chi connectivity index (χ0n) is 22.1. The van der Waals surface area contributed by atoms with E-state index in [1.807, 2.05) is 0 Å². The van der Waals surface area contributed by atoms with Gasteiger partial charge in [-0.25, -0.2) is 0 Å². The largest absolute Gasteiger partial charge is 0.691 e. The summed E-state index contributed by atoms with van der Waals surface area (Å²) in [6.45, 7) is 3.02. The molecule has 0 amide bonds. The third kappa shape index (κ3) is 8.91. The number of hydrogen-bond donors (Lipinski definition) is 0. The van der Waals surface area contributed by atoms with Crippen molar-refractivity contribution in [1.82, 2.24) is 0 Å². The molecule has 1 saturated heterocycles. The standard InChI is InChI=1S/C18H23OS.C7H12.C3H4F4O3S/c1-2-3-12-19-17-10-11-18(20-13-6-7-14-20)16-9-5-4-8-15(16)17;1-2-7-4-3-6(1)5-7;1-2(4,5)3(6,7)11-10-9-8/h4-5,8-11H,2-3,6-7,12-14H2,1H3;6-7H,1-5H2;8H,1H3/q+1;;/p-1. The normalized spacial score (nSPS) is 21.1. The van der Waals surface area contributed by atoms with Gasteiger partial charge in [0.1, 0.15) is 29.3 Å². The lowest BCUT2D eigenvalue weighted by molar-refractivity contribution is -0.777. The number of unbranched alkanes of at least 4 members (excludes halogenated alkanes) is 1. The second kappa shape index (κ2) is 15.0. The van der Waals surface area contributed by atoms with Crippen LogP contribution in [0.4, 0.5) is 17.6 Å². The lowest BCUT2D eigenvalue weighted by Gasteiger charge is -2.20. The maximum Gasteiger partial charge on any atom is 0.382 e. The van der Waals surface area contributed by atoms with Crippen LogP contribution >= 0.6 is 12.0 Å². The van der Waals surface area contributed by atoms with E-state index in [0.29, 0.717) is 10.9 Å². The van der Waals surface area contributed by atoms with Crippen LogP contribution in [0.2, 0.25) is 0 Å². The zero-order chi connectivity index (χ0) is 27.6. The summed E-state index contributed by atoms with van der Waals surface area (Å²) in [6.07, 6.45) is 12.9. The fraction of sp³-hybridized carbons (Fsp3) is 0.643. The van der Waals surface area contributed by atoms with Crippen molar-refractivity contribution in [3.8, 4) is 5.75 Å². The number of benzene rings is 2. The fourth-order valence-electron chi connectivity index (χ4n) is 5.13. The van der Waals surface area contributed by atoms with Gasteiger partial charge in [-0.15, -0.1) is 0 Å². The summed E-state index contributed by atoms with van der Waals surface area (Å²) < 4.78 is 56.6. The number of halogens is 4. The fourth-order valence-corrected chi connectivity index (χ4v) is 7.88. The highest BCUT2D eigenvalue weighted by molar-refractivity contribution is 7.97. The molecule has 1 heterocycles. The number of hydrogen-bond acceptors (Lipinski definition) is 5. The van der Waals surface area contributed by atoms with Crippen LogP contribution in [0, 0.1) is 11.8 Å². The Morgan fingerprint density at radius 2 is 1.55 bits per heavy atom. The maximum absolute atomic E-state index is 12.0. The van der Waals surface area contributed by atoms with Crippen LogP contribution in [0.5, 0.6) is 5.75 Å². The molecular formula is C28H38F4O4S2. The van der Waals surface area contributed by atoms with Crippen LogP contribution < -0.4 is 9.99 Å². The predicted molar refractivity (Wildman–Crippen MR) is 144 cm³/mol. The van der Waals surface area contributed by atoms with Crippen LogP contribution in [0.25, 0.3) is 10.8 Å². The Hall–Kier alpha value is -1.20. The van der Waals surface area contributed by atoms with E-state index in [0.717, 1.165) is 18.8 Å². The smallest absolute Gasteiger partial charge is 0.382 e. The summed E-state index contributed by atoms with van der Waals surface area (Å²) in [4.78, 5) is 1.56. The van der Waals surface area contributed by atoms with Crippen molar-refractivity contribution in [2.45, 2.75) is 87.7 Å². The number of rotatable bonds is 9. The van der Waals surface area contributed by atoms with Gasteiger partial charge < -0.3 is 9.99 Å². The minimum absolute atomic E-state index is 0.00579. The molecule has 2 aromatic carbocycles. The van der Waals surface area contributed by atoms with Gasteiger partial charge in [-0.3, -0.25) is 5.04 Å². The summed E-state index contributed by atoms with van der Waals surface area (Å²) >= 11 is -1.03. The Labute approximate surface area is 230 Å². The minimum atomic E-state index is -4.47. The molecule has 0 atom stereocenters. The van der Waals surface area contributed by atoms with E-state index in [9.17, 15) is 17.6 Å². The van der Waals surface area contributed by atoms with Crippen molar-refractivity contribution < 1.29 is 36.9 Å². The second-order valence-electron chi connectivity index (χ2n) is 10.2. The monoisotopic (exact) mass is 578 g/mol. The SMILES string of the molecule is C1CC2CCC1C2.CC(F)(F)C(F)(F)SOO[O-].CCCCOc1ccc([S+]2CCCC2)c2ccccc12. The van der Waals surface area contributed by atoms with Crippen LogP contribution in [-0.4, -0.2) is 29.3 Å². The van der Waals surface area contributed by atoms with E-state index in [1.54, 1.807) is 37.0 Å². The topological polar surface area (TPSA) is 50.8 Å². The van der Waals surface area contributed by atoms with Gasteiger partial charge in [0.2, 0.25) is 0 Å². The lowest BCUT2D eigenvalue weighted by atomic mass is 10.0. The Morgan fingerprint density at radius 1 is 0.947 bits per heavy atom. The molecule has 1 aliphatic heterocycles. The van der Waals surface area contributed by atoms with E-state index in [-0.39, 0.29) is 6.92 Å². The molecule has 4 nitrogen and oxygen atoms in total. The van der Waals surface area contributed by atoms with Crippen molar-refractivity contribution in [3.63, 3.8) is 0 Å². The highest BCUT2D eigenvalue weighted by atomic mass is 32.2. The molecule has 2 bridgehead atoms. The van der Waals surface area contributed by atoms with Crippen molar-refractivity contribution in [1.29, 1.82) is 0 Å². The van der Waals surface area contributed by atoms with Gasteiger partial charge in [-0.2, -0.15) is 21.9 Å². The van der Waals surface area contributed by atoms with E-state index in [4.69, 9.17) is 9.99 Å². The van der Waals surface area contributed by atoms with E-state index >= 15 is 0 Å². The van der Waals surface area contributed by atoms with E-state index < -0.39 is 23.2 Å². The molecule has 10 heteroatoms. The summed E-state index contributed by atoms with van der Waals surface area (Å²) in [7, 11) is 0.464. The molecule has 3 aliphatic rings. The minimum Gasteiger partial charge on any atom is -0.691 e. The number of alkyl halides is 4. The van der Waals surface area contributed by atoms with Crippen molar-refractivity contribution in [3.05, 3.63) is 36.4 Å². The molecule has 5 rings (SSSR count). The van der Waals surface area contributed by atoms with Crippen LogP contribution in [0.1, 0.15) is 71.6 Å². The molecule has 38 heavy (non-hydrogen) atoms. The third-order valence-corrected chi connectivity index (χ3v) is 10.5. The predicted octanol–water partition coefficient (Wildman–Crippen LogP) is 8.09. The van der Waals surface area contributed by atoms with Gasteiger partial charge in [0.05, 0.1) is 6.61 Å². The Morgan fingerprint density at radius 3 is 2.05 bits per heavy atom. The van der Waals surface area contributed by atoms with E-state index in [2.05, 4.69) is 52.7 Å². The maximum atomic E-state index is 12.0. The lowest BCUT2D eigenvalue weighted by Crippen LogP contribution is -2.34. The van der Waals surface area contributed by atoms with Crippen molar-refractivity contribution >= 4 is 33.7 Å². The first kappa shape index (κ1) is 31.3. The number of ether oxygens (including phenoxy) is 1. The average molecular weight is 579 g/mol. The van der Waals surface area contributed by atoms with Gasteiger partial charge in [0.15, 0.2) is 4.90 Å². The first-order valence-electron chi connectivity index (χ1n) is 13.4. The first-order valence-corrected chi connectivity index (χ1v) is 15.7. The van der Waals surface area contributed by atoms with Gasteiger partial charge >= 0.3 is 11.2 Å². The van der Waals surface area contributed by atoms with Crippen molar-refractivity contribution in [2.24, 2.45) is 11.8 Å². The number of fused-ring (bicyclic) bond motifs is 3. The summed E-state index contributed by atoms with van der Waals surface area (Å²) in [5.41, 5.74) is 0. The molecule has 2 saturated carbocycles. The van der Waals surface area contributed by atoms with Crippen molar-refractivity contribution in [2.75, 3.05) is 18.1 Å². The molecule has 2 aliphatic carbocycles. The third-order valence-electron chi connectivity index (χ3n) is 7.25.